The van der Waals surface area contributed by atoms with E-state index in [1.54, 1.807) is 11.3 Å². The predicted molar refractivity (Wildman–Crippen MR) is 97.1 cm³/mol. The molecule has 118 valence electrons. The Morgan fingerprint density at radius 1 is 1.13 bits per heavy atom. The minimum absolute atomic E-state index is 0.354. The highest BCUT2D eigenvalue weighted by Crippen LogP contribution is 2.41. The maximum absolute atomic E-state index is 5.97. The third kappa shape index (κ3) is 2.54. The van der Waals surface area contributed by atoms with Crippen molar-refractivity contribution in [3.05, 3.63) is 35.2 Å². The molecule has 3 aromatic rings. The number of hydrogen-bond acceptors (Lipinski definition) is 6. The Kier molecular flexibility index (Phi) is 3.63. The highest BCUT2D eigenvalue weighted by Gasteiger charge is 2.22. The van der Waals surface area contributed by atoms with Crippen LogP contribution in [0.2, 0.25) is 0 Å². The Hall–Kier alpha value is -2.18. The molecule has 1 saturated heterocycles. The SMILES string of the molecule is Cc1sc2nc(N)nc(N3CCNCC3)c2c1-c1ccccc1. The number of nitrogens with one attached hydrogen (secondary N) is 1. The van der Waals surface area contributed by atoms with Crippen molar-refractivity contribution in [3.8, 4) is 11.1 Å². The highest BCUT2D eigenvalue weighted by molar-refractivity contribution is 7.19. The summed E-state index contributed by atoms with van der Waals surface area (Å²) in [5.41, 5.74) is 8.42. The zero-order chi connectivity index (χ0) is 15.8. The molecule has 0 saturated carbocycles. The molecule has 6 heteroatoms. The second kappa shape index (κ2) is 5.79. The van der Waals surface area contributed by atoms with Gasteiger partial charge in [-0.15, -0.1) is 11.3 Å². The van der Waals surface area contributed by atoms with Crippen molar-refractivity contribution in [1.29, 1.82) is 0 Å². The summed E-state index contributed by atoms with van der Waals surface area (Å²) < 4.78 is 0. The van der Waals surface area contributed by atoms with Gasteiger partial charge >= 0.3 is 0 Å². The van der Waals surface area contributed by atoms with Gasteiger partial charge in [0.25, 0.3) is 0 Å². The largest absolute Gasteiger partial charge is 0.368 e. The van der Waals surface area contributed by atoms with Crippen LogP contribution in [0.5, 0.6) is 0 Å². The van der Waals surface area contributed by atoms with Gasteiger partial charge in [0.2, 0.25) is 5.95 Å². The Morgan fingerprint density at radius 3 is 2.61 bits per heavy atom. The molecule has 1 aromatic carbocycles. The molecule has 0 amide bonds. The fraction of sp³-hybridized carbons (Fsp3) is 0.294. The Balaban J connectivity index is 1.98. The maximum Gasteiger partial charge on any atom is 0.223 e. The molecule has 0 radical (unpaired) electrons. The third-order valence-corrected chi connectivity index (χ3v) is 5.20. The van der Waals surface area contributed by atoms with E-state index in [1.165, 1.54) is 16.0 Å². The van der Waals surface area contributed by atoms with Gasteiger partial charge < -0.3 is 16.0 Å². The van der Waals surface area contributed by atoms with Gasteiger partial charge in [0.05, 0.1) is 5.39 Å². The number of rotatable bonds is 2. The van der Waals surface area contributed by atoms with Gasteiger partial charge in [-0.3, -0.25) is 0 Å². The second-order valence-corrected chi connectivity index (χ2v) is 6.93. The van der Waals surface area contributed by atoms with E-state index in [4.69, 9.17) is 5.73 Å². The van der Waals surface area contributed by atoms with E-state index in [9.17, 15) is 0 Å². The van der Waals surface area contributed by atoms with Crippen molar-refractivity contribution in [2.75, 3.05) is 36.8 Å². The van der Waals surface area contributed by atoms with E-state index < -0.39 is 0 Å². The zero-order valence-electron chi connectivity index (χ0n) is 13.0. The first-order chi connectivity index (χ1) is 11.2. The van der Waals surface area contributed by atoms with Crippen molar-refractivity contribution >= 4 is 33.3 Å². The molecule has 0 unspecified atom stereocenters. The second-order valence-electron chi connectivity index (χ2n) is 5.72. The summed E-state index contributed by atoms with van der Waals surface area (Å²) >= 11 is 1.69. The number of fused-ring (bicyclic) bond motifs is 1. The van der Waals surface area contributed by atoms with Crippen LogP contribution in [0.1, 0.15) is 4.88 Å². The summed E-state index contributed by atoms with van der Waals surface area (Å²) in [5.74, 6) is 1.32. The molecule has 5 nitrogen and oxygen atoms in total. The molecule has 3 N–H and O–H groups in total. The molecule has 2 aromatic heterocycles. The highest BCUT2D eigenvalue weighted by atomic mass is 32.1. The average Bonchev–Trinajstić information content (AvgIpc) is 2.91. The molecule has 23 heavy (non-hydrogen) atoms. The van der Waals surface area contributed by atoms with Crippen LogP contribution in [-0.4, -0.2) is 36.1 Å². The molecule has 1 aliphatic rings. The van der Waals surface area contributed by atoms with E-state index in [0.717, 1.165) is 42.2 Å². The smallest absolute Gasteiger partial charge is 0.223 e. The number of aromatic nitrogens is 2. The molecule has 0 aliphatic carbocycles. The number of piperazine rings is 1. The Morgan fingerprint density at radius 2 is 1.87 bits per heavy atom. The summed E-state index contributed by atoms with van der Waals surface area (Å²) in [4.78, 5) is 13.6. The van der Waals surface area contributed by atoms with Crippen LogP contribution in [-0.2, 0) is 0 Å². The molecule has 0 atom stereocenters. The van der Waals surface area contributed by atoms with Crippen molar-refractivity contribution in [1.82, 2.24) is 15.3 Å². The normalized spacial score (nSPS) is 15.3. The summed E-state index contributed by atoms with van der Waals surface area (Å²) in [6.45, 7) is 5.96. The number of thiophene rings is 1. The standard InChI is InChI=1S/C17H19N5S/c1-11-13(12-5-3-2-4-6-12)14-15(22-9-7-19-8-10-22)20-17(18)21-16(14)23-11/h2-6,19H,7-10H2,1H3,(H2,18,20,21). The van der Waals surface area contributed by atoms with Gasteiger partial charge in [0.1, 0.15) is 10.6 Å². The first-order valence-electron chi connectivity index (χ1n) is 7.82. The quantitative estimate of drug-likeness (QED) is 0.758. The maximum atomic E-state index is 5.97. The van der Waals surface area contributed by atoms with Crippen LogP contribution in [0, 0.1) is 6.92 Å². The van der Waals surface area contributed by atoms with Gasteiger partial charge in [-0.2, -0.15) is 4.98 Å². The third-order valence-electron chi connectivity index (χ3n) is 4.20. The Bertz CT molecular complexity index is 837. The van der Waals surface area contributed by atoms with E-state index in [1.807, 2.05) is 6.07 Å². The fourth-order valence-corrected chi connectivity index (χ4v) is 4.21. The first kappa shape index (κ1) is 14.4. The van der Waals surface area contributed by atoms with E-state index in [-0.39, 0.29) is 0 Å². The molecular weight excluding hydrogens is 306 g/mol. The van der Waals surface area contributed by atoms with Crippen molar-refractivity contribution in [2.45, 2.75) is 6.92 Å². The van der Waals surface area contributed by atoms with Gasteiger partial charge in [-0.1, -0.05) is 30.3 Å². The lowest BCUT2D eigenvalue weighted by atomic mass is 10.0. The van der Waals surface area contributed by atoms with Crippen molar-refractivity contribution in [2.24, 2.45) is 0 Å². The molecule has 1 fully saturated rings. The van der Waals surface area contributed by atoms with Crippen molar-refractivity contribution < 1.29 is 0 Å². The average molecular weight is 325 g/mol. The first-order valence-corrected chi connectivity index (χ1v) is 8.63. The van der Waals surface area contributed by atoms with Crippen LogP contribution >= 0.6 is 11.3 Å². The lowest BCUT2D eigenvalue weighted by Crippen LogP contribution is -2.44. The summed E-state index contributed by atoms with van der Waals surface area (Å²) in [6, 6.07) is 10.5. The van der Waals surface area contributed by atoms with Gasteiger partial charge in [-0.05, 0) is 12.5 Å². The van der Waals surface area contributed by atoms with Crippen LogP contribution in [0.15, 0.2) is 30.3 Å². The van der Waals surface area contributed by atoms with E-state index >= 15 is 0 Å². The van der Waals surface area contributed by atoms with Gasteiger partial charge in [-0.25, -0.2) is 4.98 Å². The summed E-state index contributed by atoms with van der Waals surface area (Å²) in [5, 5.41) is 4.52. The van der Waals surface area contributed by atoms with Crippen LogP contribution < -0.4 is 16.0 Å². The van der Waals surface area contributed by atoms with Crippen LogP contribution in [0.4, 0.5) is 11.8 Å². The van der Waals surface area contributed by atoms with Gasteiger partial charge in [0.15, 0.2) is 0 Å². The number of nitrogens with zero attached hydrogens (tertiary/aromatic N) is 3. The number of anilines is 2. The molecule has 0 bridgehead atoms. The van der Waals surface area contributed by atoms with E-state index in [2.05, 4.69) is 51.4 Å². The fourth-order valence-electron chi connectivity index (χ4n) is 3.17. The lowest BCUT2D eigenvalue weighted by molar-refractivity contribution is 0.586. The van der Waals surface area contributed by atoms with Gasteiger partial charge in [0, 0.05) is 36.6 Å². The summed E-state index contributed by atoms with van der Waals surface area (Å²) in [6.07, 6.45) is 0. The number of benzene rings is 1. The lowest BCUT2D eigenvalue weighted by Gasteiger charge is -2.29. The summed E-state index contributed by atoms with van der Waals surface area (Å²) in [7, 11) is 0. The monoisotopic (exact) mass is 325 g/mol. The molecule has 1 aliphatic heterocycles. The number of hydrogen-bond donors (Lipinski definition) is 2. The van der Waals surface area contributed by atoms with E-state index in [0.29, 0.717) is 5.95 Å². The minimum atomic E-state index is 0.354. The predicted octanol–water partition coefficient (Wildman–Crippen LogP) is 2.66. The Labute approximate surface area is 139 Å². The molecule has 4 rings (SSSR count). The van der Waals surface area contributed by atoms with Crippen molar-refractivity contribution in [3.63, 3.8) is 0 Å². The minimum Gasteiger partial charge on any atom is -0.368 e. The molecule has 3 heterocycles. The number of aryl methyl sites for hydroxylation is 1. The number of nitrogen functional groups attached to an aromatic ring is 1. The molecule has 0 spiro atoms. The molecular formula is C17H19N5S. The topological polar surface area (TPSA) is 67.1 Å². The van der Waals surface area contributed by atoms with Crippen LogP contribution in [0.25, 0.3) is 21.3 Å². The zero-order valence-corrected chi connectivity index (χ0v) is 13.9. The van der Waals surface area contributed by atoms with Crippen LogP contribution in [0.3, 0.4) is 0 Å². The number of nitrogens with two attached hydrogens (primary N) is 1.